The fraction of sp³-hybridized carbons (Fsp3) is 0.769. The number of aliphatic hydroxyl groups excluding tert-OH is 1. The van der Waals surface area contributed by atoms with Crippen molar-refractivity contribution < 1.29 is 5.11 Å². The molecule has 0 aliphatic heterocycles. The number of aryl methyl sites for hydroxylation is 2. The van der Waals surface area contributed by atoms with Crippen molar-refractivity contribution in [1.29, 1.82) is 0 Å². The average molecular weight is 239 g/mol. The zero-order valence-corrected chi connectivity index (χ0v) is 11.5. The number of nitrogens with one attached hydrogen (secondary N) is 1. The largest absolute Gasteiger partial charge is 0.396 e. The van der Waals surface area contributed by atoms with Gasteiger partial charge in [0.2, 0.25) is 0 Å². The number of hydrogen-bond donors (Lipinski definition) is 2. The van der Waals surface area contributed by atoms with Crippen LogP contribution in [0.2, 0.25) is 0 Å². The van der Waals surface area contributed by atoms with Crippen molar-refractivity contribution in [3.05, 3.63) is 17.0 Å². The quantitative estimate of drug-likeness (QED) is 0.764. The number of aliphatic hydroxyl groups is 1. The molecule has 1 heterocycles. The Labute approximate surface area is 104 Å². The first-order valence-corrected chi connectivity index (χ1v) is 6.53. The molecule has 4 nitrogen and oxygen atoms in total. The summed E-state index contributed by atoms with van der Waals surface area (Å²) in [6.45, 7) is 10.5. The Balaban J connectivity index is 2.95. The molecule has 0 spiro atoms. The summed E-state index contributed by atoms with van der Waals surface area (Å²) in [6.07, 6.45) is 1.85. The Morgan fingerprint density at radius 1 is 1.35 bits per heavy atom. The van der Waals surface area contributed by atoms with Crippen LogP contribution in [0.5, 0.6) is 0 Å². The summed E-state index contributed by atoms with van der Waals surface area (Å²) in [5.74, 6) is 0. The van der Waals surface area contributed by atoms with Gasteiger partial charge in [-0.25, -0.2) is 0 Å². The fourth-order valence-corrected chi connectivity index (χ4v) is 2.32. The summed E-state index contributed by atoms with van der Waals surface area (Å²) in [7, 11) is 0. The van der Waals surface area contributed by atoms with Crippen molar-refractivity contribution in [1.82, 2.24) is 15.1 Å². The molecule has 0 saturated heterocycles. The highest BCUT2D eigenvalue weighted by molar-refractivity contribution is 5.28. The van der Waals surface area contributed by atoms with E-state index in [0.717, 1.165) is 31.6 Å². The molecule has 0 saturated carbocycles. The third kappa shape index (κ3) is 3.30. The maximum Gasteiger partial charge on any atom is 0.0644 e. The van der Waals surface area contributed by atoms with Crippen molar-refractivity contribution in [3.8, 4) is 0 Å². The molecule has 0 radical (unpaired) electrons. The van der Waals surface area contributed by atoms with E-state index in [-0.39, 0.29) is 12.6 Å². The lowest BCUT2D eigenvalue weighted by Crippen LogP contribution is -2.24. The molecule has 1 aromatic rings. The number of hydrogen-bond acceptors (Lipinski definition) is 3. The van der Waals surface area contributed by atoms with Crippen LogP contribution in [0.1, 0.15) is 49.7 Å². The number of rotatable bonds is 7. The summed E-state index contributed by atoms with van der Waals surface area (Å²) >= 11 is 0. The Morgan fingerprint density at radius 3 is 2.53 bits per heavy atom. The molecule has 0 bridgehead atoms. The van der Waals surface area contributed by atoms with Crippen LogP contribution in [0.15, 0.2) is 0 Å². The second-order valence-corrected chi connectivity index (χ2v) is 4.42. The highest BCUT2D eigenvalue weighted by Gasteiger charge is 2.19. The summed E-state index contributed by atoms with van der Waals surface area (Å²) in [5.41, 5.74) is 3.55. The first-order chi connectivity index (χ1) is 8.15. The van der Waals surface area contributed by atoms with Gasteiger partial charge in [0.15, 0.2) is 0 Å². The van der Waals surface area contributed by atoms with Crippen molar-refractivity contribution in [2.24, 2.45) is 0 Å². The molecular formula is C13H25N3O. The maximum atomic E-state index is 9.18. The SMILES string of the molecule is CCCNC(CCO)c1c(C)nn(CC)c1C. The molecule has 0 aliphatic carbocycles. The zero-order chi connectivity index (χ0) is 12.8. The maximum absolute atomic E-state index is 9.18. The van der Waals surface area contributed by atoms with Crippen molar-refractivity contribution >= 4 is 0 Å². The smallest absolute Gasteiger partial charge is 0.0644 e. The van der Waals surface area contributed by atoms with Crippen LogP contribution in [0, 0.1) is 13.8 Å². The summed E-state index contributed by atoms with van der Waals surface area (Å²) in [4.78, 5) is 0. The van der Waals surface area contributed by atoms with Gasteiger partial charge in [-0.1, -0.05) is 6.92 Å². The molecular weight excluding hydrogens is 214 g/mol. The van der Waals surface area contributed by atoms with E-state index in [1.807, 2.05) is 11.6 Å². The Kier molecular flexibility index (Phi) is 5.65. The predicted octanol–water partition coefficient (Wildman–Crippen LogP) is 1.94. The third-order valence-electron chi connectivity index (χ3n) is 3.14. The van der Waals surface area contributed by atoms with Crippen LogP contribution < -0.4 is 5.32 Å². The van der Waals surface area contributed by atoms with Gasteiger partial charge in [0.25, 0.3) is 0 Å². The molecule has 4 heteroatoms. The standard InChI is InChI=1S/C13H25N3O/c1-5-8-14-12(7-9-17)13-10(3)15-16(6-2)11(13)4/h12,14,17H,5-9H2,1-4H3. The van der Waals surface area contributed by atoms with Gasteiger partial charge in [-0.3, -0.25) is 4.68 Å². The van der Waals surface area contributed by atoms with Gasteiger partial charge in [-0.15, -0.1) is 0 Å². The van der Waals surface area contributed by atoms with Crippen molar-refractivity contribution in [2.45, 2.75) is 53.1 Å². The molecule has 17 heavy (non-hydrogen) atoms. The minimum Gasteiger partial charge on any atom is -0.396 e. The van der Waals surface area contributed by atoms with E-state index < -0.39 is 0 Å². The second kappa shape index (κ2) is 6.77. The van der Waals surface area contributed by atoms with E-state index in [1.165, 1.54) is 11.3 Å². The van der Waals surface area contributed by atoms with E-state index >= 15 is 0 Å². The van der Waals surface area contributed by atoms with Crippen LogP contribution >= 0.6 is 0 Å². The molecule has 0 fully saturated rings. The van der Waals surface area contributed by atoms with E-state index in [2.05, 4.69) is 31.2 Å². The van der Waals surface area contributed by atoms with Gasteiger partial charge in [0.1, 0.15) is 0 Å². The van der Waals surface area contributed by atoms with Crippen LogP contribution in [-0.2, 0) is 6.54 Å². The van der Waals surface area contributed by atoms with Gasteiger partial charge >= 0.3 is 0 Å². The molecule has 0 amide bonds. The Bertz CT molecular complexity index is 347. The summed E-state index contributed by atoms with van der Waals surface area (Å²) in [6, 6.07) is 0.222. The third-order valence-corrected chi connectivity index (χ3v) is 3.14. The zero-order valence-electron chi connectivity index (χ0n) is 11.5. The van der Waals surface area contributed by atoms with Gasteiger partial charge in [-0.2, -0.15) is 5.10 Å². The lowest BCUT2D eigenvalue weighted by Gasteiger charge is -2.18. The first kappa shape index (κ1) is 14.2. The number of nitrogens with zero attached hydrogens (tertiary/aromatic N) is 2. The molecule has 2 N–H and O–H groups in total. The highest BCUT2D eigenvalue weighted by Crippen LogP contribution is 2.24. The Morgan fingerprint density at radius 2 is 2.06 bits per heavy atom. The Hall–Kier alpha value is -0.870. The topological polar surface area (TPSA) is 50.1 Å². The van der Waals surface area contributed by atoms with E-state index in [4.69, 9.17) is 0 Å². The lowest BCUT2D eigenvalue weighted by atomic mass is 10.0. The van der Waals surface area contributed by atoms with Crippen LogP contribution in [-0.4, -0.2) is 28.0 Å². The van der Waals surface area contributed by atoms with Gasteiger partial charge in [-0.05, 0) is 40.2 Å². The van der Waals surface area contributed by atoms with Crippen molar-refractivity contribution in [2.75, 3.05) is 13.2 Å². The minimum absolute atomic E-state index is 0.206. The molecule has 1 atom stereocenters. The number of aromatic nitrogens is 2. The normalized spacial score (nSPS) is 13.0. The lowest BCUT2D eigenvalue weighted by molar-refractivity contribution is 0.265. The van der Waals surface area contributed by atoms with E-state index in [0.29, 0.717) is 0 Å². The molecule has 1 rings (SSSR count). The summed E-state index contributed by atoms with van der Waals surface area (Å²) in [5, 5.41) is 17.2. The molecule has 0 aromatic carbocycles. The van der Waals surface area contributed by atoms with Crippen LogP contribution in [0.3, 0.4) is 0 Å². The predicted molar refractivity (Wildman–Crippen MR) is 70.1 cm³/mol. The van der Waals surface area contributed by atoms with Gasteiger partial charge in [0.05, 0.1) is 5.69 Å². The first-order valence-electron chi connectivity index (χ1n) is 6.53. The van der Waals surface area contributed by atoms with Gasteiger partial charge < -0.3 is 10.4 Å². The van der Waals surface area contributed by atoms with Crippen LogP contribution in [0.25, 0.3) is 0 Å². The molecule has 1 unspecified atom stereocenters. The second-order valence-electron chi connectivity index (χ2n) is 4.42. The molecule has 0 aliphatic rings. The monoisotopic (exact) mass is 239 g/mol. The van der Waals surface area contributed by atoms with Crippen molar-refractivity contribution in [3.63, 3.8) is 0 Å². The van der Waals surface area contributed by atoms with Gasteiger partial charge in [0, 0.05) is 30.5 Å². The molecule has 1 aromatic heterocycles. The molecule has 98 valence electrons. The van der Waals surface area contributed by atoms with E-state index in [1.54, 1.807) is 0 Å². The van der Waals surface area contributed by atoms with Crippen LogP contribution in [0.4, 0.5) is 0 Å². The minimum atomic E-state index is 0.206. The fourth-order valence-electron chi connectivity index (χ4n) is 2.32. The average Bonchev–Trinajstić information content (AvgIpc) is 2.60. The summed E-state index contributed by atoms with van der Waals surface area (Å²) < 4.78 is 2.03. The highest BCUT2D eigenvalue weighted by atomic mass is 16.3. The van der Waals surface area contributed by atoms with E-state index in [9.17, 15) is 5.11 Å².